The standard InChI is InChI=1S/C24H27N3O4S/c1-3-26(4-2)32(29,30)20-10-11-21-19(16-20)14-15-27(21)24(28)13-12-23-25-17-22(31-23)18-8-6-5-7-9-18/h5-11,16-17H,3-4,12-15H2,1-2H3. The third-order valence-electron chi connectivity index (χ3n) is 5.76. The first-order valence-electron chi connectivity index (χ1n) is 10.9. The van der Waals surface area contributed by atoms with Gasteiger partial charge in [-0.3, -0.25) is 4.79 Å². The quantitative estimate of drug-likeness (QED) is 0.517. The predicted molar refractivity (Wildman–Crippen MR) is 123 cm³/mol. The second kappa shape index (κ2) is 9.26. The number of nitrogens with zero attached hydrogens (tertiary/aromatic N) is 3. The largest absolute Gasteiger partial charge is 0.441 e. The molecule has 0 radical (unpaired) electrons. The van der Waals surface area contributed by atoms with Crippen LogP contribution in [0.2, 0.25) is 0 Å². The van der Waals surface area contributed by atoms with E-state index in [0.29, 0.717) is 44.1 Å². The maximum absolute atomic E-state index is 12.9. The van der Waals surface area contributed by atoms with E-state index in [1.54, 1.807) is 29.3 Å². The minimum absolute atomic E-state index is 0.0254. The van der Waals surface area contributed by atoms with Gasteiger partial charge in [0.2, 0.25) is 15.9 Å². The van der Waals surface area contributed by atoms with Crippen molar-refractivity contribution >= 4 is 21.6 Å². The highest BCUT2D eigenvalue weighted by Crippen LogP contribution is 2.32. The van der Waals surface area contributed by atoms with Crippen molar-refractivity contribution in [2.75, 3.05) is 24.5 Å². The van der Waals surface area contributed by atoms with Crippen LogP contribution in [-0.4, -0.2) is 43.2 Å². The van der Waals surface area contributed by atoms with Crippen LogP contribution in [0.1, 0.15) is 31.7 Å². The summed E-state index contributed by atoms with van der Waals surface area (Å²) in [4.78, 5) is 19.2. The summed E-state index contributed by atoms with van der Waals surface area (Å²) in [5.74, 6) is 1.18. The molecule has 0 fully saturated rings. The second-order valence-corrected chi connectivity index (χ2v) is 9.60. The number of rotatable bonds is 8. The fourth-order valence-electron chi connectivity index (χ4n) is 4.02. The summed E-state index contributed by atoms with van der Waals surface area (Å²) in [6.07, 6.45) is 3.00. The number of amides is 1. The molecule has 0 bridgehead atoms. The number of benzene rings is 2. The van der Waals surface area contributed by atoms with Crippen molar-refractivity contribution in [3.05, 3.63) is 66.2 Å². The van der Waals surface area contributed by atoms with Gasteiger partial charge >= 0.3 is 0 Å². The minimum atomic E-state index is -3.52. The molecule has 0 N–H and O–H groups in total. The highest BCUT2D eigenvalue weighted by Gasteiger charge is 2.28. The molecule has 0 atom stereocenters. The Morgan fingerprint density at radius 2 is 1.88 bits per heavy atom. The number of aryl methyl sites for hydroxylation is 1. The van der Waals surface area contributed by atoms with E-state index in [-0.39, 0.29) is 17.2 Å². The van der Waals surface area contributed by atoms with E-state index in [1.165, 1.54) is 4.31 Å². The molecular formula is C24H27N3O4S. The van der Waals surface area contributed by atoms with E-state index in [4.69, 9.17) is 4.42 Å². The molecule has 168 valence electrons. The summed E-state index contributed by atoms with van der Waals surface area (Å²) in [5.41, 5.74) is 2.61. The fraction of sp³-hybridized carbons (Fsp3) is 0.333. The molecule has 1 aromatic heterocycles. The number of hydrogen-bond donors (Lipinski definition) is 0. The smallest absolute Gasteiger partial charge is 0.243 e. The highest BCUT2D eigenvalue weighted by atomic mass is 32.2. The van der Waals surface area contributed by atoms with Gasteiger partial charge in [-0.15, -0.1) is 0 Å². The van der Waals surface area contributed by atoms with E-state index in [0.717, 1.165) is 16.8 Å². The Bertz CT molecular complexity index is 1200. The van der Waals surface area contributed by atoms with Crippen LogP contribution in [-0.2, 0) is 27.7 Å². The SMILES string of the molecule is CCN(CC)S(=O)(=O)c1ccc2c(c1)CCN2C(=O)CCc1ncc(-c2ccccc2)o1. The van der Waals surface area contributed by atoms with Crippen LogP contribution >= 0.6 is 0 Å². The van der Waals surface area contributed by atoms with E-state index in [2.05, 4.69) is 4.98 Å². The molecule has 7 nitrogen and oxygen atoms in total. The number of hydrogen-bond acceptors (Lipinski definition) is 5. The maximum atomic E-state index is 12.9. The average Bonchev–Trinajstić information content (AvgIpc) is 3.45. The van der Waals surface area contributed by atoms with Crippen molar-refractivity contribution in [2.45, 2.75) is 38.0 Å². The monoisotopic (exact) mass is 453 g/mol. The molecule has 0 spiro atoms. The van der Waals surface area contributed by atoms with Gasteiger partial charge in [-0.2, -0.15) is 4.31 Å². The van der Waals surface area contributed by atoms with Crippen LogP contribution in [0, 0.1) is 0 Å². The van der Waals surface area contributed by atoms with Gasteiger partial charge in [-0.25, -0.2) is 13.4 Å². The topological polar surface area (TPSA) is 83.7 Å². The van der Waals surface area contributed by atoms with Crippen LogP contribution < -0.4 is 4.90 Å². The predicted octanol–water partition coefficient (Wildman–Crippen LogP) is 3.89. The van der Waals surface area contributed by atoms with E-state index in [1.807, 2.05) is 44.2 Å². The Labute approximate surface area is 188 Å². The maximum Gasteiger partial charge on any atom is 0.243 e. The van der Waals surface area contributed by atoms with E-state index < -0.39 is 10.0 Å². The molecule has 2 aromatic carbocycles. The Balaban J connectivity index is 1.43. The molecule has 1 amide bonds. The number of carbonyl (C=O) groups excluding carboxylic acids is 1. The molecule has 4 rings (SSSR count). The highest BCUT2D eigenvalue weighted by molar-refractivity contribution is 7.89. The molecule has 2 heterocycles. The van der Waals surface area contributed by atoms with Gasteiger partial charge in [-0.1, -0.05) is 44.2 Å². The van der Waals surface area contributed by atoms with Gasteiger partial charge in [0, 0.05) is 43.7 Å². The number of oxazole rings is 1. The Kier molecular flexibility index (Phi) is 6.43. The lowest BCUT2D eigenvalue weighted by Gasteiger charge is -2.20. The van der Waals surface area contributed by atoms with Crippen molar-refractivity contribution in [1.29, 1.82) is 0 Å². The van der Waals surface area contributed by atoms with Crippen molar-refractivity contribution in [1.82, 2.24) is 9.29 Å². The summed E-state index contributed by atoms with van der Waals surface area (Å²) >= 11 is 0. The molecular weight excluding hydrogens is 426 g/mol. The molecule has 1 aliphatic rings. The zero-order chi connectivity index (χ0) is 22.7. The van der Waals surface area contributed by atoms with Crippen LogP contribution in [0.25, 0.3) is 11.3 Å². The number of fused-ring (bicyclic) bond motifs is 1. The molecule has 0 saturated carbocycles. The molecule has 0 saturated heterocycles. The zero-order valence-electron chi connectivity index (χ0n) is 18.3. The van der Waals surface area contributed by atoms with Crippen molar-refractivity contribution in [2.24, 2.45) is 0 Å². The number of anilines is 1. The molecule has 8 heteroatoms. The Morgan fingerprint density at radius 1 is 1.12 bits per heavy atom. The number of carbonyl (C=O) groups is 1. The fourth-order valence-corrected chi connectivity index (χ4v) is 5.53. The lowest BCUT2D eigenvalue weighted by molar-refractivity contribution is -0.118. The molecule has 32 heavy (non-hydrogen) atoms. The zero-order valence-corrected chi connectivity index (χ0v) is 19.1. The van der Waals surface area contributed by atoms with Crippen LogP contribution in [0.4, 0.5) is 5.69 Å². The third-order valence-corrected chi connectivity index (χ3v) is 7.80. The van der Waals surface area contributed by atoms with Gasteiger partial charge in [0.25, 0.3) is 0 Å². The summed E-state index contributed by atoms with van der Waals surface area (Å²) in [6, 6.07) is 14.8. The van der Waals surface area contributed by atoms with E-state index in [9.17, 15) is 13.2 Å². The first kappa shape index (κ1) is 22.2. The summed E-state index contributed by atoms with van der Waals surface area (Å²) in [7, 11) is -3.52. The van der Waals surface area contributed by atoms with Crippen molar-refractivity contribution in [3.8, 4) is 11.3 Å². The first-order valence-corrected chi connectivity index (χ1v) is 12.3. The number of aromatic nitrogens is 1. The Morgan fingerprint density at radius 3 is 2.59 bits per heavy atom. The summed E-state index contributed by atoms with van der Waals surface area (Å²) in [6.45, 7) is 5.04. The number of sulfonamides is 1. The lowest BCUT2D eigenvalue weighted by Crippen LogP contribution is -2.30. The average molecular weight is 454 g/mol. The first-order chi connectivity index (χ1) is 15.4. The normalized spacial score (nSPS) is 13.5. The molecule has 0 aliphatic carbocycles. The summed E-state index contributed by atoms with van der Waals surface area (Å²) < 4.78 is 32.8. The molecule has 0 unspecified atom stereocenters. The van der Waals surface area contributed by atoms with Gasteiger partial charge < -0.3 is 9.32 Å². The third kappa shape index (κ3) is 4.33. The van der Waals surface area contributed by atoms with Crippen LogP contribution in [0.5, 0.6) is 0 Å². The van der Waals surface area contributed by atoms with Crippen LogP contribution in [0.15, 0.2) is 64.0 Å². The second-order valence-electron chi connectivity index (χ2n) is 7.66. The van der Waals surface area contributed by atoms with Gasteiger partial charge in [0.1, 0.15) is 0 Å². The van der Waals surface area contributed by atoms with Gasteiger partial charge in [-0.05, 0) is 30.2 Å². The van der Waals surface area contributed by atoms with E-state index >= 15 is 0 Å². The summed E-state index contributed by atoms with van der Waals surface area (Å²) in [5, 5.41) is 0. The van der Waals surface area contributed by atoms with Gasteiger partial charge in [0.15, 0.2) is 11.7 Å². The minimum Gasteiger partial charge on any atom is -0.441 e. The molecule has 1 aliphatic heterocycles. The van der Waals surface area contributed by atoms with Gasteiger partial charge in [0.05, 0.1) is 11.1 Å². The molecule has 3 aromatic rings. The van der Waals surface area contributed by atoms with Crippen molar-refractivity contribution in [3.63, 3.8) is 0 Å². The van der Waals surface area contributed by atoms with Crippen molar-refractivity contribution < 1.29 is 17.6 Å². The van der Waals surface area contributed by atoms with Crippen LogP contribution in [0.3, 0.4) is 0 Å². The Hall–Kier alpha value is -2.97. The lowest BCUT2D eigenvalue weighted by atomic mass is 10.2.